The molecule has 4 atom stereocenters. The second-order valence-electron chi connectivity index (χ2n) is 8.76. The minimum Gasteiger partial charge on any atom is -0.480 e. The summed E-state index contributed by atoms with van der Waals surface area (Å²) in [6.07, 6.45) is 1.82. The number of aliphatic carboxylic acids is 1. The van der Waals surface area contributed by atoms with E-state index in [0.29, 0.717) is 32.2 Å². The fourth-order valence-corrected chi connectivity index (χ4v) is 4.15. The SMILES string of the molecule is CC(C)CC(NC(=O)C1CCCN1C(=O)C(N)Cc1ccccc1)C(=O)NC(CS)C(=O)O. The summed E-state index contributed by atoms with van der Waals surface area (Å²) in [5.41, 5.74) is 7.09. The van der Waals surface area contributed by atoms with Crippen LogP contribution in [0.3, 0.4) is 0 Å². The van der Waals surface area contributed by atoms with Crippen LogP contribution in [0.25, 0.3) is 0 Å². The van der Waals surface area contributed by atoms with Crippen molar-refractivity contribution in [2.45, 2.75) is 63.7 Å². The Hall–Kier alpha value is -2.59. The molecular weight excluding hydrogens is 444 g/mol. The molecule has 5 N–H and O–H groups in total. The number of likely N-dealkylation sites (tertiary alicyclic amines) is 1. The monoisotopic (exact) mass is 478 g/mol. The number of hydrogen-bond acceptors (Lipinski definition) is 6. The molecule has 0 aromatic heterocycles. The van der Waals surface area contributed by atoms with Crippen LogP contribution in [-0.2, 0) is 25.6 Å². The second kappa shape index (κ2) is 12.6. The number of carbonyl (C=O) groups is 4. The molecule has 9 nitrogen and oxygen atoms in total. The quantitative estimate of drug-likeness (QED) is 0.295. The molecule has 182 valence electrons. The summed E-state index contributed by atoms with van der Waals surface area (Å²) in [5.74, 6) is -2.54. The van der Waals surface area contributed by atoms with Crippen LogP contribution >= 0.6 is 12.6 Å². The molecule has 0 bridgehead atoms. The number of amides is 3. The minimum absolute atomic E-state index is 0.0703. The van der Waals surface area contributed by atoms with E-state index in [9.17, 15) is 24.3 Å². The van der Waals surface area contributed by atoms with E-state index in [1.165, 1.54) is 4.90 Å². The maximum atomic E-state index is 13.1. The van der Waals surface area contributed by atoms with Crippen LogP contribution in [0.5, 0.6) is 0 Å². The van der Waals surface area contributed by atoms with Crippen LogP contribution in [0, 0.1) is 5.92 Å². The first kappa shape index (κ1) is 26.7. The predicted molar refractivity (Wildman–Crippen MR) is 128 cm³/mol. The molecule has 4 unspecified atom stereocenters. The Balaban J connectivity index is 2.06. The summed E-state index contributed by atoms with van der Waals surface area (Å²) in [6, 6.07) is 5.85. The number of carbonyl (C=O) groups excluding carboxylic acids is 3. The number of nitrogens with two attached hydrogens (primary N) is 1. The zero-order valence-electron chi connectivity index (χ0n) is 19.1. The van der Waals surface area contributed by atoms with Crippen molar-refractivity contribution < 1.29 is 24.3 Å². The van der Waals surface area contributed by atoms with Gasteiger partial charge in [-0.25, -0.2) is 4.79 Å². The highest BCUT2D eigenvalue weighted by Gasteiger charge is 2.38. The van der Waals surface area contributed by atoms with Crippen molar-refractivity contribution in [3.05, 3.63) is 35.9 Å². The Bertz CT molecular complexity index is 835. The van der Waals surface area contributed by atoms with Crippen LogP contribution < -0.4 is 16.4 Å². The first-order valence-electron chi connectivity index (χ1n) is 11.2. The van der Waals surface area contributed by atoms with E-state index in [1.807, 2.05) is 44.2 Å². The molecule has 0 spiro atoms. The molecule has 1 heterocycles. The van der Waals surface area contributed by atoms with Crippen molar-refractivity contribution in [3.8, 4) is 0 Å². The molecule has 1 aromatic rings. The lowest BCUT2D eigenvalue weighted by molar-refractivity contribution is -0.142. The van der Waals surface area contributed by atoms with E-state index in [-0.39, 0.29) is 17.6 Å². The summed E-state index contributed by atoms with van der Waals surface area (Å²) < 4.78 is 0. The fourth-order valence-electron chi connectivity index (χ4n) is 3.90. The normalized spacial score (nSPS) is 18.5. The van der Waals surface area contributed by atoms with E-state index in [2.05, 4.69) is 23.3 Å². The molecule has 3 amide bonds. The first-order valence-corrected chi connectivity index (χ1v) is 11.8. The smallest absolute Gasteiger partial charge is 0.327 e. The van der Waals surface area contributed by atoms with Gasteiger partial charge in [0.05, 0.1) is 6.04 Å². The Kier molecular flexibility index (Phi) is 10.2. The van der Waals surface area contributed by atoms with Gasteiger partial charge < -0.3 is 26.4 Å². The van der Waals surface area contributed by atoms with Gasteiger partial charge in [0.25, 0.3) is 0 Å². The zero-order chi connectivity index (χ0) is 24.5. The van der Waals surface area contributed by atoms with Gasteiger partial charge >= 0.3 is 5.97 Å². The lowest BCUT2D eigenvalue weighted by Gasteiger charge is -2.29. The largest absolute Gasteiger partial charge is 0.480 e. The summed E-state index contributed by atoms with van der Waals surface area (Å²) in [6.45, 7) is 4.21. The minimum atomic E-state index is -1.20. The van der Waals surface area contributed by atoms with E-state index in [1.54, 1.807) is 0 Å². The van der Waals surface area contributed by atoms with E-state index >= 15 is 0 Å². The van der Waals surface area contributed by atoms with Crippen LogP contribution in [0.1, 0.15) is 38.7 Å². The van der Waals surface area contributed by atoms with Crippen molar-refractivity contribution in [2.24, 2.45) is 11.7 Å². The molecule has 0 radical (unpaired) electrons. The van der Waals surface area contributed by atoms with Crippen LogP contribution in [0.15, 0.2) is 30.3 Å². The molecule has 1 aliphatic heterocycles. The number of hydrogen-bond donors (Lipinski definition) is 5. The van der Waals surface area contributed by atoms with Gasteiger partial charge in [-0.05, 0) is 37.2 Å². The predicted octanol–water partition coefficient (Wildman–Crippen LogP) is 0.578. The summed E-state index contributed by atoms with van der Waals surface area (Å²) in [4.78, 5) is 51.5. The van der Waals surface area contributed by atoms with Gasteiger partial charge in [0, 0.05) is 12.3 Å². The van der Waals surface area contributed by atoms with Crippen molar-refractivity contribution in [3.63, 3.8) is 0 Å². The molecule has 1 saturated heterocycles. The lowest BCUT2D eigenvalue weighted by atomic mass is 10.0. The van der Waals surface area contributed by atoms with Gasteiger partial charge in [-0.1, -0.05) is 44.2 Å². The fraction of sp³-hybridized carbons (Fsp3) is 0.565. The van der Waals surface area contributed by atoms with Gasteiger partial charge in [-0.3, -0.25) is 14.4 Å². The Morgan fingerprint density at radius 2 is 1.82 bits per heavy atom. The number of thiol groups is 1. The summed E-state index contributed by atoms with van der Waals surface area (Å²) in [5, 5.41) is 14.3. The highest BCUT2D eigenvalue weighted by atomic mass is 32.1. The molecule has 33 heavy (non-hydrogen) atoms. The van der Waals surface area contributed by atoms with Gasteiger partial charge in [0.15, 0.2) is 0 Å². The average molecular weight is 479 g/mol. The van der Waals surface area contributed by atoms with E-state index < -0.39 is 42.0 Å². The van der Waals surface area contributed by atoms with Gasteiger partial charge in [-0.15, -0.1) is 0 Å². The molecule has 1 fully saturated rings. The van der Waals surface area contributed by atoms with E-state index in [0.717, 1.165) is 5.56 Å². The molecule has 1 aromatic carbocycles. The highest BCUT2D eigenvalue weighted by molar-refractivity contribution is 7.80. The Morgan fingerprint density at radius 3 is 2.39 bits per heavy atom. The summed E-state index contributed by atoms with van der Waals surface area (Å²) >= 11 is 3.96. The zero-order valence-corrected chi connectivity index (χ0v) is 20.0. The lowest BCUT2D eigenvalue weighted by Crippen LogP contribution is -2.57. The highest BCUT2D eigenvalue weighted by Crippen LogP contribution is 2.20. The van der Waals surface area contributed by atoms with Crippen LogP contribution in [0.2, 0.25) is 0 Å². The average Bonchev–Trinajstić information content (AvgIpc) is 3.26. The molecular formula is C23H34N4O5S. The van der Waals surface area contributed by atoms with Crippen molar-refractivity contribution in [2.75, 3.05) is 12.3 Å². The van der Waals surface area contributed by atoms with Crippen LogP contribution in [-0.4, -0.2) is 70.2 Å². The molecule has 0 aliphatic carbocycles. The molecule has 0 saturated carbocycles. The third kappa shape index (κ3) is 7.75. The number of rotatable bonds is 11. The topological polar surface area (TPSA) is 142 Å². The molecule has 10 heteroatoms. The van der Waals surface area contributed by atoms with Gasteiger partial charge in [-0.2, -0.15) is 12.6 Å². The number of carboxylic acids is 1. The standard InChI is InChI=1S/C23H34N4O5S/c1-14(2)11-17(20(28)26-18(13-33)23(31)32)25-21(29)19-9-6-10-27(19)22(30)16(24)12-15-7-4-3-5-8-15/h3-5,7-8,14,16-19,33H,6,9-13,24H2,1-2H3,(H,25,29)(H,26,28)(H,31,32). The maximum absolute atomic E-state index is 13.1. The van der Waals surface area contributed by atoms with Crippen LogP contribution in [0.4, 0.5) is 0 Å². The van der Waals surface area contributed by atoms with Gasteiger partial charge in [0.2, 0.25) is 17.7 Å². The number of nitrogens with one attached hydrogen (secondary N) is 2. The van der Waals surface area contributed by atoms with Crippen molar-refractivity contribution >= 4 is 36.3 Å². The molecule has 1 aliphatic rings. The third-order valence-electron chi connectivity index (χ3n) is 5.59. The third-order valence-corrected chi connectivity index (χ3v) is 5.96. The number of nitrogens with zero attached hydrogens (tertiary/aromatic N) is 1. The summed E-state index contributed by atoms with van der Waals surface area (Å²) in [7, 11) is 0. The number of benzene rings is 1. The Labute approximate surface area is 199 Å². The maximum Gasteiger partial charge on any atom is 0.327 e. The second-order valence-corrected chi connectivity index (χ2v) is 9.12. The van der Waals surface area contributed by atoms with Crippen molar-refractivity contribution in [1.29, 1.82) is 0 Å². The van der Waals surface area contributed by atoms with Crippen molar-refractivity contribution in [1.82, 2.24) is 15.5 Å². The van der Waals surface area contributed by atoms with Gasteiger partial charge in [0.1, 0.15) is 18.1 Å². The number of carboxylic acid groups (broad SMARTS) is 1. The van der Waals surface area contributed by atoms with E-state index in [4.69, 9.17) is 5.73 Å². The Morgan fingerprint density at radius 1 is 1.15 bits per heavy atom. The molecule has 2 rings (SSSR count). The first-order chi connectivity index (χ1) is 15.6.